The summed E-state index contributed by atoms with van der Waals surface area (Å²) in [5.41, 5.74) is 1.22. The fourth-order valence-corrected chi connectivity index (χ4v) is 4.24. The summed E-state index contributed by atoms with van der Waals surface area (Å²) in [6, 6.07) is 15.6. The van der Waals surface area contributed by atoms with Crippen molar-refractivity contribution >= 4 is 44.5 Å². The SMILES string of the molecule is C[C@@H](Oc1ccc2c(c1)oc(=O)c1ccccc12)C(=O)N[C@H](Cc1c[nH]c2ccc(O)cc12)C(=O)O. The Hall–Kier alpha value is -4.79. The normalized spacial score (nSPS) is 13.0. The number of carboxylic acids is 1. The summed E-state index contributed by atoms with van der Waals surface area (Å²) >= 11 is 0. The summed E-state index contributed by atoms with van der Waals surface area (Å²) in [6.45, 7) is 1.50. The molecule has 5 aromatic rings. The van der Waals surface area contributed by atoms with Gasteiger partial charge in [-0.3, -0.25) is 4.79 Å². The van der Waals surface area contributed by atoms with Crippen LogP contribution in [0.3, 0.4) is 0 Å². The minimum atomic E-state index is -1.22. The van der Waals surface area contributed by atoms with Crippen molar-refractivity contribution in [2.24, 2.45) is 0 Å². The minimum absolute atomic E-state index is 0.00541. The van der Waals surface area contributed by atoms with Crippen LogP contribution in [-0.4, -0.2) is 39.2 Å². The van der Waals surface area contributed by atoms with Gasteiger partial charge in [-0.1, -0.05) is 18.2 Å². The molecule has 0 saturated carbocycles. The Morgan fingerprint density at radius 3 is 2.58 bits per heavy atom. The molecule has 3 aromatic carbocycles. The molecule has 1 amide bonds. The number of hydrogen-bond donors (Lipinski definition) is 4. The molecule has 2 heterocycles. The number of aromatic hydroxyl groups is 1. The number of nitrogens with one attached hydrogen (secondary N) is 2. The lowest BCUT2D eigenvalue weighted by molar-refractivity contribution is -0.142. The van der Waals surface area contributed by atoms with Gasteiger partial charge in [-0.05, 0) is 54.3 Å². The van der Waals surface area contributed by atoms with E-state index < -0.39 is 29.6 Å². The molecular weight excluding hydrogens is 464 g/mol. The summed E-state index contributed by atoms with van der Waals surface area (Å²) in [5.74, 6) is -1.47. The number of phenols is 1. The van der Waals surface area contributed by atoms with Gasteiger partial charge < -0.3 is 29.7 Å². The van der Waals surface area contributed by atoms with Gasteiger partial charge in [-0.2, -0.15) is 0 Å². The second-order valence-electron chi connectivity index (χ2n) is 8.50. The van der Waals surface area contributed by atoms with Crippen LogP contribution in [0.1, 0.15) is 12.5 Å². The van der Waals surface area contributed by atoms with Crippen LogP contribution in [-0.2, 0) is 16.0 Å². The number of aliphatic carboxylic acids is 1. The zero-order valence-corrected chi connectivity index (χ0v) is 19.1. The van der Waals surface area contributed by atoms with Crippen LogP contribution < -0.4 is 15.7 Å². The number of fused-ring (bicyclic) bond motifs is 4. The molecule has 0 aliphatic heterocycles. The van der Waals surface area contributed by atoms with Crippen LogP contribution in [0.25, 0.3) is 32.6 Å². The Kier molecular flexibility index (Phi) is 5.81. The molecule has 0 unspecified atom stereocenters. The fourth-order valence-electron chi connectivity index (χ4n) is 4.24. The van der Waals surface area contributed by atoms with Crippen LogP contribution in [0, 0.1) is 0 Å². The molecule has 9 nitrogen and oxygen atoms in total. The monoisotopic (exact) mass is 486 g/mol. The van der Waals surface area contributed by atoms with Crippen LogP contribution in [0.5, 0.6) is 11.5 Å². The Morgan fingerprint density at radius 2 is 1.81 bits per heavy atom. The van der Waals surface area contributed by atoms with Crippen LogP contribution in [0.2, 0.25) is 0 Å². The van der Waals surface area contributed by atoms with Crippen LogP contribution in [0.15, 0.2) is 76.1 Å². The third-order valence-electron chi connectivity index (χ3n) is 6.06. The highest BCUT2D eigenvalue weighted by atomic mass is 16.5. The van der Waals surface area contributed by atoms with Gasteiger partial charge >= 0.3 is 11.6 Å². The highest BCUT2D eigenvalue weighted by Crippen LogP contribution is 2.27. The molecule has 0 saturated heterocycles. The van der Waals surface area contributed by atoms with Gasteiger partial charge in [0.05, 0.1) is 5.39 Å². The molecular formula is C27H22N2O7. The number of aromatic amines is 1. The molecule has 2 aromatic heterocycles. The summed E-state index contributed by atoms with van der Waals surface area (Å²) in [6.07, 6.45) is 0.632. The van der Waals surface area contributed by atoms with Gasteiger partial charge in [0.2, 0.25) is 0 Å². The molecule has 2 atom stereocenters. The topological polar surface area (TPSA) is 142 Å². The van der Waals surface area contributed by atoms with E-state index in [2.05, 4.69) is 10.3 Å². The van der Waals surface area contributed by atoms with E-state index in [4.69, 9.17) is 9.15 Å². The van der Waals surface area contributed by atoms with Gasteiger partial charge in [-0.25, -0.2) is 9.59 Å². The summed E-state index contributed by atoms with van der Waals surface area (Å²) in [4.78, 5) is 40.0. The highest BCUT2D eigenvalue weighted by Gasteiger charge is 2.25. The Morgan fingerprint density at radius 1 is 1.03 bits per heavy atom. The van der Waals surface area contributed by atoms with E-state index >= 15 is 0 Å². The summed E-state index contributed by atoms with van der Waals surface area (Å²) in [5, 5.41) is 24.6. The van der Waals surface area contributed by atoms with E-state index in [0.29, 0.717) is 27.7 Å². The van der Waals surface area contributed by atoms with Crippen LogP contribution >= 0.6 is 0 Å². The maximum atomic E-state index is 12.8. The van der Waals surface area contributed by atoms with Crippen molar-refractivity contribution in [1.29, 1.82) is 0 Å². The molecule has 0 bridgehead atoms. The maximum absolute atomic E-state index is 12.8. The average molecular weight is 486 g/mol. The van der Waals surface area contributed by atoms with Crippen LogP contribution in [0.4, 0.5) is 0 Å². The third kappa shape index (κ3) is 4.34. The second kappa shape index (κ2) is 9.10. The summed E-state index contributed by atoms with van der Waals surface area (Å²) < 4.78 is 11.2. The molecule has 0 fully saturated rings. The molecule has 0 radical (unpaired) electrons. The molecule has 0 aliphatic carbocycles. The maximum Gasteiger partial charge on any atom is 0.344 e. The molecule has 9 heteroatoms. The first-order valence-electron chi connectivity index (χ1n) is 11.2. The Bertz CT molecular complexity index is 1680. The van der Waals surface area contributed by atoms with Gasteiger partial charge in [0.15, 0.2) is 6.10 Å². The third-order valence-corrected chi connectivity index (χ3v) is 6.06. The smallest absolute Gasteiger partial charge is 0.344 e. The van der Waals surface area contributed by atoms with Crippen molar-refractivity contribution in [3.8, 4) is 11.5 Å². The number of carbonyl (C=O) groups is 2. The fraction of sp³-hybridized carbons (Fsp3) is 0.148. The van der Waals surface area contributed by atoms with Gasteiger partial charge in [0, 0.05) is 35.0 Å². The van der Waals surface area contributed by atoms with Gasteiger partial charge in [-0.15, -0.1) is 0 Å². The predicted molar refractivity (Wildman–Crippen MR) is 133 cm³/mol. The van der Waals surface area contributed by atoms with Crippen molar-refractivity contribution in [3.05, 3.63) is 82.8 Å². The molecule has 182 valence electrons. The van der Waals surface area contributed by atoms with Gasteiger partial charge in [0.25, 0.3) is 5.91 Å². The zero-order chi connectivity index (χ0) is 25.4. The lowest BCUT2D eigenvalue weighted by Crippen LogP contribution is -2.47. The quantitative estimate of drug-likeness (QED) is 0.203. The first-order chi connectivity index (χ1) is 17.3. The molecule has 36 heavy (non-hydrogen) atoms. The lowest BCUT2D eigenvalue weighted by atomic mass is 10.0. The number of hydrogen-bond acceptors (Lipinski definition) is 6. The lowest BCUT2D eigenvalue weighted by Gasteiger charge is -2.19. The van der Waals surface area contributed by atoms with Crippen molar-refractivity contribution < 1.29 is 29.0 Å². The molecule has 5 rings (SSSR count). The zero-order valence-electron chi connectivity index (χ0n) is 19.1. The first-order valence-corrected chi connectivity index (χ1v) is 11.2. The number of amides is 1. The standard InChI is InChI=1S/C27H22N2O7/c1-14(35-17-7-8-19-18-4-2-3-5-20(18)27(34)36-24(19)12-17)25(31)29-23(26(32)33)10-15-13-28-22-9-6-16(30)11-21(15)22/h2-9,11-14,23,28,30H,10H2,1H3,(H,29,31)(H,32,33)/t14-,23-/m1/s1. The molecule has 0 aliphatic rings. The summed E-state index contributed by atoms with van der Waals surface area (Å²) in [7, 11) is 0. The number of phenolic OH excluding ortho intramolecular Hbond substituents is 1. The minimum Gasteiger partial charge on any atom is -0.508 e. The largest absolute Gasteiger partial charge is 0.508 e. The average Bonchev–Trinajstić information content (AvgIpc) is 3.25. The molecule has 4 N–H and O–H groups in total. The number of carbonyl (C=O) groups excluding carboxylic acids is 1. The van der Waals surface area contributed by atoms with Crippen molar-refractivity contribution in [3.63, 3.8) is 0 Å². The Labute approximate surface area is 203 Å². The number of ether oxygens (including phenoxy) is 1. The van der Waals surface area contributed by atoms with Crippen molar-refractivity contribution in [2.75, 3.05) is 0 Å². The second-order valence-corrected chi connectivity index (χ2v) is 8.50. The van der Waals surface area contributed by atoms with E-state index in [9.17, 15) is 24.6 Å². The number of rotatable bonds is 7. The predicted octanol–water partition coefficient (Wildman–Crippen LogP) is 3.71. The number of benzene rings is 3. The number of carboxylic acid groups (broad SMARTS) is 1. The van der Waals surface area contributed by atoms with E-state index in [-0.39, 0.29) is 12.2 Å². The van der Waals surface area contributed by atoms with E-state index in [1.165, 1.54) is 25.1 Å². The van der Waals surface area contributed by atoms with E-state index in [1.54, 1.807) is 36.5 Å². The molecule has 0 spiro atoms. The number of H-pyrrole nitrogens is 1. The van der Waals surface area contributed by atoms with Crippen molar-refractivity contribution in [1.82, 2.24) is 10.3 Å². The number of aromatic nitrogens is 1. The Balaban J connectivity index is 1.32. The highest BCUT2D eigenvalue weighted by molar-refractivity contribution is 6.04. The van der Waals surface area contributed by atoms with Gasteiger partial charge in [0.1, 0.15) is 23.1 Å². The van der Waals surface area contributed by atoms with E-state index in [0.717, 1.165) is 16.3 Å². The van der Waals surface area contributed by atoms with Crippen molar-refractivity contribution in [2.45, 2.75) is 25.5 Å². The first kappa shape index (κ1) is 23.0. The van der Waals surface area contributed by atoms with E-state index in [1.807, 2.05) is 12.1 Å².